The van der Waals surface area contributed by atoms with Crippen molar-refractivity contribution in [3.8, 4) is 0 Å². The van der Waals surface area contributed by atoms with Crippen molar-refractivity contribution in [3.05, 3.63) is 17.5 Å². The van der Waals surface area contributed by atoms with E-state index in [-0.39, 0.29) is 11.5 Å². The second kappa shape index (κ2) is 3.20. The van der Waals surface area contributed by atoms with E-state index in [2.05, 4.69) is 5.16 Å². The Morgan fingerprint density at radius 1 is 1.54 bits per heavy atom. The van der Waals surface area contributed by atoms with Crippen LogP contribution in [0.15, 0.2) is 10.7 Å². The first-order valence-corrected chi connectivity index (χ1v) is 4.47. The highest BCUT2D eigenvalue weighted by Gasteiger charge is 2.26. The summed E-state index contributed by atoms with van der Waals surface area (Å²) < 4.78 is 4.98. The van der Waals surface area contributed by atoms with E-state index in [9.17, 15) is 4.79 Å². The lowest BCUT2D eigenvalue weighted by Gasteiger charge is -2.03. The number of nitrogens with zero attached hydrogens (tertiary/aromatic N) is 1. The van der Waals surface area contributed by atoms with E-state index in [0.717, 1.165) is 25.7 Å². The van der Waals surface area contributed by atoms with Crippen molar-refractivity contribution in [2.24, 2.45) is 0 Å². The summed E-state index contributed by atoms with van der Waals surface area (Å²) in [7, 11) is 0. The molecule has 0 aromatic carbocycles. The Morgan fingerprint density at radius 2 is 2.23 bits per heavy atom. The number of hydrogen-bond acceptors (Lipinski definition) is 3. The molecule has 13 heavy (non-hydrogen) atoms. The topological polar surface area (TPSA) is 63.3 Å². The predicted octanol–water partition coefficient (Wildman–Crippen LogP) is 2.03. The molecule has 0 saturated heterocycles. The van der Waals surface area contributed by atoms with Gasteiger partial charge in [0.15, 0.2) is 5.76 Å². The number of hydrogen-bond donors (Lipinski definition) is 1. The molecule has 1 fully saturated rings. The van der Waals surface area contributed by atoms with E-state index in [1.165, 1.54) is 6.20 Å². The molecule has 1 aromatic rings. The molecule has 0 unspecified atom stereocenters. The molecule has 0 amide bonds. The van der Waals surface area contributed by atoms with Gasteiger partial charge in [-0.05, 0) is 12.8 Å². The molecule has 1 aliphatic rings. The summed E-state index contributed by atoms with van der Waals surface area (Å²) in [6, 6.07) is 0. The number of carboxylic acids is 1. The highest BCUT2D eigenvalue weighted by atomic mass is 16.5. The van der Waals surface area contributed by atoms with E-state index in [1.807, 2.05) is 0 Å². The van der Waals surface area contributed by atoms with Crippen molar-refractivity contribution in [1.82, 2.24) is 5.16 Å². The van der Waals surface area contributed by atoms with Crippen LogP contribution in [0.1, 0.15) is 47.7 Å². The van der Waals surface area contributed by atoms with Gasteiger partial charge in [0, 0.05) is 5.92 Å². The van der Waals surface area contributed by atoms with Crippen molar-refractivity contribution in [1.29, 1.82) is 0 Å². The molecule has 0 aliphatic heterocycles. The second-order valence-corrected chi connectivity index (χ2v) is 3.39. The smallest absolute Gasteiger partial charge is 0.340 e. The maximum atomic E-state index is 10.7. The monoisotopic (exact) mass is 181 g/mol. The van der Waals surface area contributed by atoms with Gasteiger partial charge in [0.05, 0.1) is 6.20 Å². The van der Waals surface area contributed by atoms with Gasteiger partial charge >= 0.3 is 5.97 Å². The lowest BCUT2D eigenvalue weighted by atomic mass is 10.0. The normalized spacial score (nSPS) is 17.8. The maximum Gasteiger partial charge on any atom is 0.340 e. The fourth-order valence-corrected chi connectivity index (χ4v) is 1.89. The van der Waals surface area contributed by atoms with Crippen LogP contribution in [-0.4, -0.2) is 16.2 Å². The Balaban J connectivity index is 2.28. The molecule has 1 heterocycles. The van der Waals surface area contributed by atoms with Crippen LogP contribution in [0.5, 0.6) is 0 Å². The van der Waals surface area contributed by atoms with Gasteiger partial charge in [0.2, 0.25) is 0 Å². The molecule has 0 spiro atoms. The lowest BCUT2D eigenvalue weighted by molar-refractivity contribution is 0.0693. The number of rotatable bonds is 2. The summed E-state index contributed by atoms with van der Waals surface area (Å²) in [5.41, 5.74) is 0.229. The predicted molar refractivity (Wildman–Crippen MR) is 44.7 cm³/mol. The van der Waals surface area contributed by atoms with Crippen LogP contribution in [-0.2, 0) is 0 Å². The first-order valence-electron chi connectivity index (χ1n) is 4.47. The third-order valence-electron chi connectivity index (χ3n) is 2.55. The molecule has 4 heteroatoms. The van der Waals surface area contributed by atoms with Crippen molar-refractivity contribution >= 4 is 5.97 Å². The Labute approximate surface area is 75.5 Å². The molecule has 0 radical (unpaired) electrons. The van der Waals surface area contributed by atoms with Gasteiger partial charge in [0.25, 0.3) is 0 Å². The minimum absolute atomic E-state index is 0.229. The number of aromatic nitrogens is 1. The van der Waals surface area contributed by atoms with Gasteiger partial charge in [-0.2, -0.15) is 0 Å². The quantitative estimate of drug-likeness (QED) is 0.758. The largest absolute Gasteiger partial charge is 0.478 e. The summed E-state index contributed by atoms with van der Waals surface area (Å²) in [5.74, 6) is -0.109. The zero-order valence-corrected chi connectivity index (χ0v) is 7.19. The van der Waals surface area contributed by atoms with Crippen LogP contribution < -0.4 is 0 Å². The zero-order valence-electron chi connectivity index (χ0n) is 7.19. The highest BCUT2D eigenvalue weighted by Crippen LogP contribution is 2.35. The summed E-state index contributed by atoms with van der Waals surface area (Å²) >= 11 is 0. The average molecular weight is 181 g/mol. The van der Waals surface area contributed by atoms with Crippen molar-refractivity contribution in [3.63, 3.8) is 0 Å². The molecule has 4 nitrogen and oxygen atoms in total. The van der Waals surface area contributed by atoms with E-state index < -0.39 is 5.97 Å². The number of aromatic carboxylic acids is 1. The van der Waals surface area contributed by atoms with Crippen molar-refractivity contribution < 1.29 is 14.4 Å². The van der Waals surface area contributed by atoms with Gasteiger partial charge in [-0.1, -0.05) is 18.0 Å². The Hall–Kier alpha value is -1.32. The van der Waals surface area contributed by atoms with Crippen molar-refractivity contribution in [2.45, 2.75) is 31.6 Å². The fourth-order valence-electron chi connectivity index (χ4n) is 1.89. The van der Waals surface area contributed by atoms with E-state index in [1.54, 1.807) is 0 Å². The molecule has 2 rings (SSSR count). The van der Waals surface area contributed by atoms with Gasteiger partial charge in [-0.3, -0.25) is 0 Å². The molecule has 1 N–H and O–H groups in total. The first kappa shape index (κ1) is 8.29. The second-order valence-electron chi connectivity index (χ2n) is 3.39. The fraction of sp³-hybridized carbons (Fsp3) is 0.556. The Kier molecular flexibility index (Phi) is 2.04. The molecular weight excluding hydrogens is 170 g/mol. The minimum atomic E-state index is -0.942. The molecule has 0 bridgehead atoms. The Bertz CT molecular complexity index is 312. The Morgan fingerprint density at radius 3 is 2.85 bits per heavy atom. The number of carbonyl (C=O) groups is 1. The third kappa shape index (κ3) is 1.43. The summed E-state index contributed by atoms with van der Waals surface area (Å²) in [5, 5.41) is 12.3. The van der Waals surface area contributed by atoms with Crippen LogP contribution >= 0.6 is 0 Å². The van der Waals surface area contributed by atoms with Gasteiger partial charge in [-0.15, -0.1) is 0 Å². The molecule has 70 valence electrons. The van der Waals surface area contributed by atoms with E-state index in [4.69, 9.17) is 9.63 Å². The molecule has 1 aromatic heterocycles. The van der Waals surface area contributed by atoms with E-state index in [0.29, 0.717) is 5.76 Å². The van der Waals surface area contributed by atoms with Crippen molar-refractivity contribution in [2.75, 3.05) is 0 Å². The molecule has 1 aliphatic carbocycles. The maximum absolute atomic E-state index is 10.7. The zero-order chi connectivity index (χ0) is 9.26. The molecule has 1 saturated carbocycles. The lowest BCUT2D eigenvalue weighted by Crippen LogP contribution is -2.01. The third-order valence-corrected chi connectivity index (χ3v) is 2.55. The number of carboxylic acid groups (broad SMARTS) is 1. The summed E-state index contributed by atoms with van der Waals surface area (Å²) in [4.78, 5) is 10.7. The SMILES string of the molecule is O=C(O)c1cnoc1C1CCCC1. The molecule has 0 atom stereocenters. The van der Waals surface area contributed by atoms with Gasteiger partial charge in [0.1, 0.15) is 5.56 Å². The van der Waals surface area contributed by atoms with Crippen LogP contribution in [0.4, 0.5) is 0 Å². The van der Waals surface area contributed by atoms with Gasteiger partial charge in [-0.25, -0.2) is 4.79 Å². The van der Waals surface area contributed by atoms with Crippen LogP contribution in [0, 0.1) is 0 Å². The average Bonchev–Trinajstić information content (AvgIpc) is 2.74. The molecular formula is C9H11NO3. The summed E-state index contributed by atoms with van der Waals surface area (Å²) in [6.07, 6.45) is 5.65. The first-order chi connectivity index (χ1) is 6.29. The van der Waals surface area contributed by atoms with Crippen LogP contribution in [0.3, 0.4) is 0 Å². The summed E-state index contributed by atoms with van der Waals surface area (Å²) in [6.45, 7) is 0. The highest BCUT2D eigenvalue weighted by molar-refractivity contribution is 5.88. The van der Waals surface area contributed by atoms with Gasteiger partial charge < -0.3 is 9.63 Å². The van der Waals surface area contributed by atoms with E-state index >= 15 is 0 Å². The standard InChI is InChI=1S/C9H11NO3/c11-9(12)7-5-10-13-8(7)6-3-1-2-4-6/h5-6H,1-4H2,(H,11,12). The van der Waals surface area contributed by atoms with Crippen LogP contribution in [0.2, 0.25) is 0 Å². The minimum Gasteiger partial charge on any atom is -0.478 e. The van der Waals surface area contributed by atoms with Crippen LogP contribution in [0.25, 0.3) is 0 Å².